The fraction of sp³-hybridized carbons (Fsp3) is 0.500. The number of nitrogens with zero attached hydrogens (tertiary/aromatic N) is 3. The molecule has 0 spiro atoms. The van der Waals surface area contributed by atoms with Gasteiger partial charge in [-0.3, -0.25) is 0 Å². The van der Waals surface area contributed by atoms with Crippen molar-refractivity contribution in [3.05, 3.63) is 24.4 Å². The molecular formula is C12H17N3O2. The quantitative estimate of drug-likeness (QED) is 0.804. The number of anilines is 1. The van der Waals surface area contributed by atoms with E-state index >= 15 is 0 Å². The molecule has 1 N–H and O–H groups in total. The first-order chi connectivity index (χ1) is 8.09. The second-order valence-corrected chi connectivity index (χ2v) is 4.48. The van der Waals surface area contributed by atoms with Crippen LogP contribution in [0.4, 0.5) is 10.6 Å². The van der Waals surface area contributed by atoms with Gasteiger partial charge in [-0.05, 0) is 26.0 Å². The summed E-state index contributed by atoms with van der Waals surface area (Å²) in [5.74, 6) is 0.914. The maximum Gasteiger partial charge on any atom is 0.407 e. The maximum atomic E-state index is 11.0. The van der Waals surface area contributed by atoms with Gasteiger partial charge in [0.05, 0.1) is 0 Å². The third-order valence-electron chi connectivity index (χ3n) is 3.10. The van der Waals surface area contributed by atoms with E-state index in [9.17, 15) is 4.79 Å². The van der Waals surface area contributed by atoms with Crippen LogP contribution in [0.5, 0.6) is 0 Å². The maximum absolute atomic E-state index is 11.0. The predicted octanol–water partition coefficient (Wildman–Crippen LogP) is 1.66. The first-order valence-corrected chi connectivity index (χ1v) is 5.77. The van der Waals surface area contributed by atoms with Crippen molar-refractivity contribution in [1.82, 2.24) is 9.88 Å². The Morgan fingerprint density at radius 2 is 2.00 bits per heavy atom. The highest BCUT2D eigenvalue weighted by Gasteiger charge is 2.32. The molecule has 17 heavy (non-hydrogen) atoms. The number of hydrogen-bond acceptors (Lipinski definition) is 3. The van der Waals surface area contributed by atoms with Gasteiger partial charge in [0.2, 0.25) is 0 Å². The standard InChI is InChI=1S/C12H17N3O2/c1-9-7-14(12(16)17)8-10(2)15(9)11-5-3-4-6-13-11/h3-6,9-10H,7-8H2,1-2H3,(H,16,17). The third kappa shape index (κ3) is 2.33. The summed E-state index contributed by atoms with van der Waals surface area (Å²) in [6.45, 7) is 5.10. The van der Waals surface area contributed by atoms with Gasteiger partial charge in [-0.1, -0.05) is 6.07 Å². The molecule has 1 aromatic rings. The van der Waals surface area contributed by atoms with Crippen molar-refractivity contribution in [1.29, 1.82) is 0 Å². The SMILES string of the molecule is CC1CN(C(=O)O)CC(C)N1c1ccccn1. The van der Waals surface area contributed by atoms with Gasteiger partial charge < -0.3 is 14.9 Å². The van der Waals surface area contributed by atoms with Crippen LogP contribution >= 0.6 is 0 Å². The van der Waals surface area contributed by atoms with Crippen molar-refractivity contribution >= 4 is 11.9 Å². The van der Waals surface area contributed by atoms with Gasteiger partial charge in [0.15, 0.2) is 0 Å². The van der Waals surface area contributed by atoms with Crippen LogP contribution in [-0.4, -0.2) is 46.3 Å². The molecule has 5 heteroatoms. The van der Waals surface area contributed by atoms with Crippen LogP contribution in [0.15, 0.2) is 24.4 Å². The second-order valence-electron chi connectivity index (χ2n) is 4.48. The van der Waals surface area contributed by atoms with Crippen LogP contribution in [0.25, 0.3) is 0 Å². The van der Waals surface area contributed by atoms with Crippen LogP contribution in [-0.2, 0) is 0 Å². The van der Waals surface area contributed by atoms with E-state index in [0.717, 1.165) is 5.82 Å². The number of amides is 1. The molecule has 92 valence electrons. The van der Waals surface area contributed by atoms with E-state index in [1.165, 1.54) is 4.90 Å². The van der Waals surface area contributed by atoms with E-state index in [2.05, 4.69) is 9.88 Å². The molecule has 2 unspecified atom stereocenters. The Morgan fingerprint density at radius 3 is 2.47 bits per heavy atom. The molecular weight excluding hydrogens is 218 g/mol. The van der Waals surface area contributed by atoms with Crippen LogP contribution in [0, 0.1) is 0 Å². The van der Waals surface area contributed by atoms with E-state index in [1.807, 2.05) is 32.0 Å². The zero-order chi connectivity index (χ0) is 12.4. The summed E-state index contributed by atoms with van der Waals surface area (Å²) >= 11 is 0. The van der Waals surface area contributed by atoms with Gasteiger partial charge in [-0.15, -0.1) is 0 Å². The number of carboxylic acid groups (broad SMARTS) is 1. The smallest absolute Gasteiger partial charge is 0.407 e. The number of carbonyl (C=O) groups is 1. The Hall–Kier alpha value is -1.78. The Morgan fingerprint density at radius 1 is 1.35 bits per heavy atom. The number of rotatable bonds is 1. The van der Waals surface area contributed by atoms with E-state index in [1.54, 1.807) is 6.20 Å². The molecule has 1 fully saturated rings. The highest BCUT2D eigenvalue weighted by Crippen LogP contribution is 2.22. The Labute approximate surface area is 101 Å². The summed E-state index contributed by atoms with van der Waals surface area (Å²) in [5, 5.41) is 9.02. The van der Waals surface area contributed by atoms with Crippen molar-refractivity contribution in [3.8, 4) is 0 Å². The first-order valence-electron chi connectivity index (χ1n) is 5.77. The van der Waals surface area contributed by atoms with Crippen LogP contribution in [0.1, 0.15) is 13.8 Å². The molecule has 5 nitrogen and oxygen atoms in total. The molecule has 1 aliphatic heterocycles. The van der Waals surface area contributed by atoms with Crippen molar-refractivity contribution in [2.75, 3.05) is 18.0 Å². The largest absolute Gasteiger partial charge is 0.465 e. The zero-order valence-corrected chi connectivity index (χ0v) is 10.1. The van der Waals surface area contributed by atoms with Gasteiger partial charge in [-0.25, -0.2) is 9.78 Å². The monoisotopic (exact) mass is 235 g/mol. The first kappa shape index (κ1) is 11.7. The van der Waals surface area contributed by atoms with Crippen molar-refractivity contribution in [2.45, 2.75) is 25.9 Å². The predicted molar refractivity (Wildman–Crippen MR) is 65.2 cm³/mol. The molecule has 2 atom stereocenters. The fourth-order valence-electron chi connectivity index (χ4n) is 2.44. The summed E-state index contributed by atoms with van der Waals surface area (Å²) in [7, 11) is 0. The lowest BCUT2D eigenvalue weighted by Gasteiger charge is -2.44. The van der Waals surface area contributed by atoms with Gasteiger partial charge >= 0.3 is 6.09 Å². The van der Waals surface area contributed by atoms with E-state index < -0.39 is 6.09 Å². The summed E-state index contributed by atoms with van der Waals surface area (Å²) in [5.41, 5.74) is 0. The summed E-state index contributed by atoms with van der Waals surface area (Å²) in [6.07, 6.45) is 0.919. The second kappa shape index (κ2) is 4.61. The minimum atomic E-state index is -0.843. The Kier molecular flexibility index (Phi) is 3.17. The third-order valence-corrected chi connectivity index (χ3v) is 3.10. The fourth-order valence-corrected chi connectivity index (χ4v) is 2.44. The molecule has 0 aromatic carbocycles. The lowest BCUT2D eigenvalue weighted by Crippen LogP contribution is -2.58. The van der Waals surface area contributed by atoms with Crippen molar-refractivity contribution < 1.29 is 9.90 Å². The topological polar surface area (TPSA) is 56.7 Å². The molecule has 0 bridgehead atoms. The number of hydrogen-bond donors (Lipinski definition) is 1. The van der Waals surface area contributed by atoms with Gasteiger partial charge in [-0.2, -0.15) is 0 Å². The van der Waals surface area contributed by atoms with E-state index in [0.29, 0.717) is 13.1 Å². The highest BCUT2D eigenvalue weighted by atomic mass is 16.4. The van der Waals surface area contributed by atoms with E-state index in [-0.39, 0.29) is 12.1 Å². The molecule has 2 rings (SSSR count). The number of aromatic nitrogens is 1. The van der Waals surface area contributed by atoms with Gasteiger partial charge in [0, 0.05) is 31.4 Å². The molecule has 1 amide bonds. The van der Waals surface area contributed by atoms with Gasteiger partial charge in [0.1, 0.15) is 5.82 Å². The lowest BCUT2D eigenvalue weighted by molar-refractivity contribution is 0.128. The Balaban J connectivity index is 2.18. The molecule has 0 radical (unpaired) electrons. The molecule has 0 saturated carbocycles. The van der Waals surface area contributed by atoms with Crippen LogP contribution < -0.4 is 4.90 Å². The highest BCUT2D eigenvalue weighted by molar-refractivity contribution is 5.65. The minimum absolute atomic E-state index is 0.143. The number of piperazine rings is 1. The number of pyridine rings is 1. The van der Waals surface area contributed by atoms with Crippen molar-refractivity contribution in [2.24, 2.45) is 0 Å². The molecule has 0 aliphatic carbocycles. The summed E-state index contributed by atoms with van der Waals surface area (Å²) in [4.78, 5) is 19.0. The normalized spacial score (nSPS) is 24.8. The summed E-state index contributed by atoms with van der Waals surface area (Å²) in [6, 6.07) is 6.08. The minimum Gasteiger partial charge on any atom is -0.465 e. The van der Waals surface area contributed by atoms with Crippen molar-refractivity contribution in [3.63, 3.8) is 0 Å². The molecule has 2 heterocycles. The molecule has 1 saturated heterocycles. The molecule has 1 aromatic heterocycles. The average Bonchev–Trinajstić information content (AvgIpc) is 2.29. The zero-order valence-electron chi connectivity index (χ0n) is 10.1. The lowest BCUT2D eigenvalue weighted by atomic mass is 10.1. The van der Waals surface area contributed by atoms with E-state index in [4.69, 9.17) is 5.11 Å². The molecule has 1 aliphatic rings. The van der Waals surface area contributed by atoms with Gasteiger partial charge in [0.25, 0.3) is 0 Å². The average molecular weight is 235 g/mol. The summed E-state index contributed by atoms with van der Waals surface area (Å²) < 4.78 is 0. The van der Waals surface area contributed by atoms with Crippen LogP contribution in [0.3, 0.4) is 0 Å². The van der Waals surface area contributed by atoms with Crippen LogP contribution in [0.2, 0.25) is 0 Å². The Bertz CT molecular complexity index is 384.